The summed E-state index contributed by atoms with van der Waals surface area (Å²) < 4.78 is 5.96. The Morgan fingerprint density at radius 2 is 2.00 bits per heavy atom. The van der Waals surface area contributed by atoms with Crippen molar-refractivity contribution in [3.8, 4) is 0 Å². The number of fused-ring (bicyclic) bond motifs is 1. The van der Waals surface area contributed by atoms with E-state index in [9.17, 15) is 0 Å². The lowest BCUT2D eigenvalue weighted by molar-refractivity contribution is 0.397. The van der Waals surface area contributed by atoms with Crippen molar-refractivity contribution in [2.45, 2.75) is 25.7 Å². The van der Waals surface area contributed by atoms with Crippen LogP contribution in [0.15, 0.2) is 28.7 Å². The molecule has 0 aliphatic carbocycles. The zero-order valence-electron chi connectivity index (χ0n) is 9.62. The van der Waals surface area contributed by atoms with E-state index in [1.807, 2.05) is 0 Å². The summed E-state index contributed by atoms with van der Waals surface area (Å²) in [4.78, 5) is 0. The average Bonchev–Trinajstić information content (AvgIpc) is 2.73. The van der Waals surface area contributed by atoms with Crippen LogP contribution in [-0.4, -0.2) is 13.1 Å². The van der Waals surface area contributed by atoms with Gasteiger partial charge in [0, 0.05) is 11.3 Å². The number of benzene rings is 1. The first-order chi connectivity index (χ1) is 7.83. The van der Waals surface area contributed by atoms with Gasteiger partial charge in [-0.2, -0.15) is 0 Å². The zero-order chi connectivity index (χ0) is 11.0. The van der Waals surface area contributed by atoms with Gasteiger partial charge in [-0.25, -0.2) is 0 Å². The molecule has 1 aromatic heterocycles. The van der Waals surface area contributed by atoms with Gasteiger partial charge >= 0.3 is 0 Å². The minimum absolute atomic E-state index is 0.606. The van der Waals surface area contributed by atoms with Gasteiger partial charge in [-0.15, -0.1) is 0 Å². The van der Waals surface area contributed by atoms with Crippen LogP contribution in [0.3, 0.4) is 0 Å². The quantitative estimate of drug-likeness (QED) is 0.790. The molecular formula is C14H17NO. The number of hydrogen-bond acceptors (Lipinski definition) is 2. The molecular weight excluding hydrogens is 198 g/mol. The molecule has 0 saturated carbocycles. The zero-order valence-corrected chi connectivity index (χ0v) is 9.62. The lowest BCUT2D eigenvalue weighted by atomic mass is 9.95. The summed E-state index contributed by atoms with van der Waals surface area (Å²) in [5.41, 5.74) is 2.30. The fraction of sp³-hybridized carbons (Fsp3) is 0.429. The SMILES string of the molecule is Cc1ccc2cc(C3CCNCC3)oc2c1. The topological polar surface area (TPSA) is 25.2 Å². The van der Waals surface area contributed by atoms with E-state index in [0.29, 0.717) is 5.92 Å². The molecule has 2 heteroatoms. The van der Waals surface area contributed by atoms with Crippen molar-refractivity contribution < 1.29 is 4.42 Å². The van der Waals surface area contributed by atoms with Gasteiger partial charge in [0.15, 0.2) is 0 Å². The van der Waals surface area contributed by atoms with Crippen molar-refractivity contribution in [1.29, 1.82) is 0 Å². The third-order valence-corrected chi connectivity index (χ3v) is 3.44. The molecule has 84 valence electrons. The molecule has 1 fully saturated rings. The number of furan rings is 1. The lowest BCUT2D eigenvalue weighted by Gasteiger charge is -2.20. The van der Waals surface area contributed by atoms with Gasteiger partial charge in [0.05, 0.1) is 0 Å². The maximum absolute atomic E-state index is 5.96. The van der Waals surface area contributed by atoms with Crippen molar-refractivity contribution in [3.05, 3.63) is 35.6 Å². The first kappa shape index (κ1) is 9.91. The van der Waals surface area contributed by atoms with Crippen LogP contribution in [-0.2, 0) is 0 Å². The van der Waals surface area contributed by atoms with E-state index in [-0.39, 0.29) is 0 Å². The fourth-order valence-electron chi connectivity index (χ4n) is 2.47. The Bertz CT molecular complexity index is 494. The molecule has 0 radical (unpaired) electrons. The molecule has 0 spiro atoms. The average molecular weight is 215 g/mol. The Kier molecular flexibility index (Phi) is 2.44. The van der Waals surface area contributed by atoms with E-state index in [4.69, 9.17) is 4.42 Å². The summed E-state index contributed by atoms with van der Waals surface area (Å²) in [6, 6.07) is 8.63. The lowest BCUT2D eigenvalue weighted by Crippen LogP contribution is -2.26. The van der Waals surface area contributed by atoms with E-state index in [1.165, 1.54) is 29.6 Å². The monoisotopic (exact) mass is 215 g/mol. The number of piperidine rings is 1. The number of aryl methyl sites for hydroxylation is 1. The van der Waals surface area contributed by atoms with Crippen LogP contribution in [0.2, 0.25) is 0 Å². The summed E-state index contributed by atoms with van der Waals surface area (Å²) in [5, 5.41) is 4.62. The summed E-state index contributed by atoms with van der Waals surface area (Å²) in [6.07, 6.45) is 2.39. The second-order valence-corrected chi connectivity index (χ2v) is 4.71. The summed E-state index contributed by atoms with van der Waals surface area (Å²) in [5.74, 6) is 1.77. The Balaban J connectivity index is 1.97. The van der Waals surface area contributed by atoms with Crippen LogP contribution in [0, 0.1) is 6.92 Å². The maximum Gasteiger partial charge on any atom is 0.134 e. The maximum atomic E-state index is 5.96. The molecule has 0 amide bonds. The highest BCUT2D eigenvalue weighted by Gasteiger charge is 2.18. The Morgan fingerprint density at radius 3 is 2.81 bits per heavy atom. The Hall–Kier alpha value is -1.28. The minimum atomic E-state index is 0.606. The van der Waals surface area contributed by atoms with Gasteiger partial charge in [-0.1, -0.05) is 12.1 Å². The van der Waals surface area contributed by atoms with E-state index in [1.54, 1.807) is 0 Å². The number of rotatable bonds is 1. The normalized spacial score (nSPS) is 18.1. The van der Waals surface area contributed by atoms with Crippen molar-refractivity contribution in [2.24, 2.45) is 0 Å². The van der Waals surface area contributed by atoms with Crippen LogP contribution in [0.5, 0.6) is 0 Å². The molecule has 1 aromatic carbocycles. The standard InChI is InChI=1S/C14H17NO/c1-10-2-3-12-9-14(16-13(12)8-10)11-4-6-15-7-5-11/h2-3,8-9,11,15H,4-7H2,1H3. The highest BCUT2D eigenvalue weighted by molar-refractivity contribution is 5.78. The summed E-state index contributed by atoms with van der Waals surface area (Å²) in [6.45, 7) is 4.33. The van der Waals surface area contributed by atoms with Gasteiger partial charge in [0.2, 0.25) is 0 Å². The van der Waals surface area contributed by atoms with Gasteiger partial charge in [0.25, 0.3) is 0 Å². The molecule has 2 heterocycles. The molecule has 0 atom stereocenters. The third kappa shape index (κ3) is 1.74. The third-order valence-electron chi connectivity index (χ3n) is 3.44. The van der Waals surface area contributed by atoms with Crippen molar-refractivity contribution in [1.82, 2.24) is 5.32 Å². The predicted molar refractivity (Wildman–Crippen MR) is 65.8 cm³/mol. The second kappa shape index (κ2) is 3.95. The molecule has 1 aliphatic heterocycles. The molecule has 1 saturated heterocycles. The van der Waals surface area contributed by atoms with Gasteiger partial charge < -0.3 is 9.73 Å². The van der Waals surface area contributed by atoms with Crippen LogP contribution in [0.1, 0.15) is 30.1 Å². The molecule has 2 aromatic rings. The molecule has 1 N–H and O–H groups in total. The Labute approximate surface area is 95.6 Å². The first-order valence-corrected chi connectivity index (χ1v) is 6.04. The van der Waals surface area contributed by atoms with E-state index in [2.05, 4.69) is 36.5 Å². The van der Waals surface area contributed by atoms with Crippen molar-refractivity contribution in [2.75, 3.05) is 13.1 Å². The summed E-state index contributed by atoms with van der Waals surface area (Å²) >= 11 is 0. The van der Waals surface area contributed by atoms with Gasteiger partial charge in [0.1, 0.15) is 11.3 Å². The number of nitrogens with one attached hydrogen (secondary N) is 1. The highest BCUT2D eigenvalue weighted by Crippen LogP contribution is 2.30. The molecule has 0 bridgehead atoms. The smallest absolute Gasteiger partial charge is 0.134 e. The molecule has 2 nitrogen and oxygen atoms in total. The Morgan fingerprint density at radius 1 is 1.19 bits per heavy atom. The molecule has 1 aliphatic rings. The van der Waals surface area contributed by atoms with Crippen LogP contribution >= 0.6 is 0 Å². The van der Waals surface area contributed by atoms with E-state index in [0.717, 1.165) is 18.7 Å². The van der Waals surface area contributed by atoms with Gasteiger partial charge in [-0.05, 0) is 50.6 Å². The fourth-order valence-corrected chi connectivity index (χ4v) is 2.47. The van der Waals surface area contributed by atoms with Crippen molar-refractivity contribution in [3.63, 3.8) is 0 Å². The summed E-state index contributed by atoms with van der Waals surface area (Å²) in [7, 11) is 0. The van der Waals surface area contributed by atoms with Crippen LogP contribution in [0.4, 0.5) is 0 Å². The van der Waals surface area contributed by atoms with E-state index < -0.39 is 0 Å². The van der Waals surface area contributed by atoms with E-state index >= 15 is 0 Å². The minimum Gasteiger partial charge on any atom is -0.461 e. The van der Waals surface area contributed by atoms with Gasteiger partial charge in [-0.3, -0.25) is 0 Å². The van der Waals surface area contributed by atoms with Crippen molar-refractivity contribution >= 4 is 11.0 Å². The molecule has 3 rings (SSSR count). The first-order valence-electron chi connectivity index (χ1n) is 6.04. The predicted octanol–water partition coefficient (Wildman–Crippen LogP) is 3.21. The number of hydrogen-bond donors (Lipinski definition) is 1. The van der Waals surface area contributed by atoms with Crippen LogP contribution < -0.4 is 5.32 Å². The molecule has 0 unspecified atom stereocenters. The second-order valence-electron chi connectivity index (χ2n) is 4.71. The highest BCUT2D eigenvalue weighted by atomic mass is 16.3. The van der Waals surface area contributed by atoms with Crippen LogP contribution in [0.25, 0.3) is 11.0 Å². The molecule has 16 heavy (non-hydrogen) atoms. The largest absolute Gasteiger partial charge is 0.461 e.